The Morgan fingerprint density at radius 2 is 2.22 bits per heavy atom. The van der Waals surface area contributed by atoms with Gasteiger partial charge in [-0.3, -0.25) is 4.79 Å². The van der Waals surface area contributed by atoms with Gasteiger partial charge in [-0.1, -0.05) is 12.1 Å². The van der Waals surface area contributed by atoms with E-state index in [0.717, 1.165) is 10.4 Å². The smallest absolute Gasteiger partial charge is 0.268 e. The highest BCUT2D eigenvalue weighted by Crippen LogP contribution is 2.36. The number of aromatic nitrogens is 2. The molecule has 3 nitrogen and oxygen atoms in total. The van der Waals surface area contributed by atoms with Crippen molar-refractivity contribution in [2.75, 3.05) is 0 Å². The minimum Gasteiger partial charge on any atom is -0.312 e. The lowest BCUT2D eigenvalue weighted by molar-refractivity contribution is 0.622. The van der Waals surface area contributed by atoms with Crippen molar-refractivity contribution in [3.63, 3.8) is 0 Å². The number of hydrogen-bond donors (Lipinski definition) is 1. The van der Waals surface area contributed by atoms with Gasteiger partial charge in [-0.05, 0) is 28.1 Å². The Hall–Kier alpha value is -1.53. The normalized spacial score (nSPS) is 11.0. The van der Waals surface area contributed by atoms with Crippen LogP contribution in [0, 0.1) is 5.82 Å². The molecule has 0 aliphatic rings. The second kappa shape index (κ2) is 4.29. The lowest BCUT2D eigenvalue weighted by atomic mass is 10.2. The molecule has 3 aromatic rings. The van der Waals surface area contributed by atoms with Crippen LogP contribution in [0.5, 0.6) is 0 Å². The first-order valence-corrected chi connectivity index (χ1v) is 6.69. The van der Waals surface area contributed by atoms with Crippen LogP contribution in [0.2, 0.25) is 0 Å². The molecular weight excluding hydrogens is 319 g/mol. The number of nitrogens with zero attached hydrogens (tertiary/aromatic N) is 1. The van der Waals surface area contributed by atoms with Crippen molar-refractivity contribution in [2.24, 2.45) is 0 Å². The predicted molar refractivity (Wildman–Crippen MR) is 73.3 cm³/mol. The average Bonchev–Trinajstić information content (AvgIpc) is 2.78. The molecule has 90 valence electrons. The van der Waals surface area contributed by atoms with Crippen LogP contribution in [0.3, 0.4) is 0 Å². The van der Waals surface area contributed by atoms with E-state index in [1.165, 1.54) is 23.7 Å². The van der Waals surface area contributed by atoms with Gasteiger partial charge in [0.2, 0.25) is 0 Å². The van der Waals surface area contributed by atoms with E-state index in [2.05, 4.69) is 25.9 Å². The second-order valence-electron chi connectivity index (χ2n) is 3.66. The minimum absolute atomic E-state index is 0.177. The van der Waals surface area contributed by atoms with Crippen LogP contribution in [-0.4, -0.2) is 9.97 Å². The number of aromatic amines is 1. The first kappa shape index (κ1) is 11.6. The maximum absolute atomic E-state index is 13.5. The number of H-pyrrole nitrogens is 1. The number of halogens is 2. The van der Waals surface area contributed by atoms with Crippen LogP contribution in [0.25, 0.3) is 20.7 Å². The molecule has 0 spiro atoms. The third kappa shape index (κ3) is 1.77. The van der Waals surface area contributed by atoms with E-state index in [1.807, 2.05) is 0 Å². The lowest BCUT2D eigenvalue weighted by Crippen LogP contribution is -2.02. The zero-order valence-electron chi connectivity index (χ0n) is 8.91. The first-order chi connectivity index (χ1) is 8.66. The standard InChI is InChI=1S/C12H6BrFN2OS/c13-10-6(2-1-3-7(10)14)9-4-8-11(18-9)12(17)16-5-15-8/h1-5H,(H,15,16,17). The van der Waals surface area contributed by atoms with Crippen LogP contribution >= 0.6 is 27.3 Å². The highest BCUT2D eigenvalue weighted by Gasteiger charge is 2.12. The molecule has 0 unspecified atom stereocenters. The van der Waals surface area contributed by atoms with E-state index in [0.29, 0.717) is 14.7 Å². The van der Waals surface area contributed by atoms with E-state index < -0.39 is 0 Å². The van der Waals surface area contributed by atoms with Gasteiger partial charge in [-0.25, -0.2) is 9.37 Å². The molecule has 3 rings (SSSR count). The minimum atomic E-state index is -0.327. The molecule has 0 radical (unpaired) electrons. The highest BCUT2D eigenvalue weighted by molar-refractivity contribution is 9.10. The van der Waals surface area contributed by atoms with Gasteiger partial charge in [0.05, 0.1) is 16.3 Å². The van der Waals surface area contributed by atoms with Crippen molar-refractivity contribution in [3.05, 3.63) is 51.2 Å². The van der Waals surface area contributed by atoms with Crippen molar-refractivity contribution in [1.82, 2.24) is 9.97 Å². The van der Waals surface area contributed by atoms with Crippen LogP contribution in [-0.2, 0) is 0 Å². The number of fused-ring (bicyclic) bond motifs is 1. The van der Waals surface area contributed by atoms with Crippen molar-refractivity contribution in [2.45, 2.75) is 0 Å². The molecule has 0 amide bonds. The Labute approximate surface area is 113 Å². The number of hydrogen-bond acceptors (Lipinski definition) is 3. The van der Waals surface area contributed by atoms with Gasteiger partial charge in [0.15, 0.2) is 0 Å². The summed E-state index contributed by atoms with van der Waals surface area (Å²) < 4.78 is 14.4. The molecule has 0 saturated heterocycles. The molecule has 18 heavy (non-hydrogen) atoms. The fourth-order valence-corrected chi connectivity index (χ4v) is 3.34. The average molecular weight is 325 g/mol. The van der Waals surface area contributed by atoms with Crippen molar-refractivity contribution in [3.8, 4) is 10.4 Å². The zero-order valence-corrected chi connectivity index (χ0v) is 11.3. The van der Waals surface area contributed by atoms with Gasteiger partial charge >= 0.3 is 0 Å². The number of thiophene rings is 1. The molecule has 0 atom stereocenters. The molecule has 1 N–H and O–H groups in total. The largest absolute Gasteiger partial charge is 0.312 e. The molecule has 2 aromatic heterocycles. The van der Waals surface area contributed by atoms with Crippen LogP contribution in [0.1, 0.15) is 0 Å². The summed E-state index contributed by atoms with van der Waals surface area (Å²) in [5.41, 5.74) is 1.16. The Balaban J connectivity index is 2.29. The molecule has 0 aliphatic carbocycles. The molecular formula is C12H6BrFN2OS. The fourth-order valence-electron chi connectivity index (χ4n) is 1.69. The van der Waals surface area contributed by atoms with Crippen molar-refractivity contribution < 1.29 is 4.39 Å². The molecule has 0 fully saturated rings. The number of nitrogens with one attached hydrogen (secondary N) is 1. The molecule has 1 aromatic carbocycles. The van der Waals surface area contributed by atoms with E-state index in [-0.39, 0.29) is 11.4 Å². The van der Waals surface area contributed by atoms with Gasteiger partial charge in [-0.15, -0.1) is 11.3 Å². The quantitative estimate of drug-likeness (QED) is 0.744. The summed E-state index contributed by atoms with van der Waals surface area (Å²) in [7, 11) is 0. The topological polar surface area (TPSA) is 45.8 Å². The number of benzene rings is 1. The summed E-state index contributed by atoms with van der Waals surface area (Å²) >= 11 is 4.51. The monoisotopic (exact) mass is 324 g/mol. The maximum Gasteiger partial charge on any atom is 0.268 e. The van der Waals surface area contributed by atoms with E-state index in [1.54, 1.807) is 18.2 Å². The van der Waals surface area contributed by atoms with Crippen molar-refractivity contribution >= 4 is 37.5 Å². The molecule has 2 heterocycles. The zero-order chi connectivity index (χ0) is 12.7. The van der Waals surface area contributed by atoms with Crippen LogP contribution < -0.4 is 5.56 Å². The SMILES string of the molecule is O=c1[nH]cnc2cc(-c3cccc(F)c3Br)sc12. The molecule has 0 bridgehead atoms. The Bertz CT molecular complexity index is 796. The Kier molecular flexibility index (Phi) is 2.76. The predicted octanol–water partition coefficient (Wildman–Crippen LogP) is 3.55. The first-order valence-electron chi connectivity index (χ1n) is 5.08. The Morgan fingerprint density at radius 1 is 1.39 bits per heavy atom. The lowest BCUT2D eigenvalue weighted by Gasteiger charge is -2.01. The summed E-state index contributed by atoms with van der Waals surface area (Å²) in [6, 6.07) is 6.60. The van der Waals surface area contributed by atoms with Gasteiger partial charge in [0.25, 0.3) is 5.56 Å². The molecule has 0 aliphatic heterocycles. The number of rotatable bonds is 1. The Morgan fingerprint density at radius 3 is 3.00 bits per heavy atom. The van der Waals surface area contributed by atoms with Crippen molar-refractivity contribution in [1.29, 1.82) is 0 Å². The van der Waals surface area contributed by atoms with Gasteiger partial charge in [0.1, 0.15) is 10.5 Å². The maximum atomic E-state index is 13.5. The van der Waals surface area contributed by atoms with Gasteiger partial charge in [-0.2, -0.15) is 0 Å². The van der Waals surface area contributed by atoms with E-state index >= 15 is 0 Å². The van der Waals surface area contributed by atoms with Crippen LogP contribution in [0.15, 0.2) is 39.9 Å². The fraction of sp³-hybridized carbons (Fsp3) is 0. The molecule has 6 heteroatoms. The second-order valence-corrected chi connectivity index (χ2v) is 5.50. The van der Waals surface area contributed by atoms with Crippen LogP contribution in [0.4, 0.5) is 4.39 Å². The van der Waals surface area contributed by atoms with E-state index in [4.69, 9.17) is 0 Å². The van der Waals surface area contributed by atoms with E-state index in [9.17, 15) is 9.18 Å². The summed E-state index contributed by atoms with van der Waals surface area (Å²) in [4.78, 5) is 19.0. The summed E-state index contributed by atoms with van der Waals surface area (Å²) in [5, 5.41) is 0. The highest BCUT2D eigenvalue weighted by atomic mass is 79.9. The van der Waals surface area contributed by atoms with Gasteiger partial charge in [0, 0.05) is 10.4 Å². The summed E-state index contributed by atoms with van der Waals surface area (Å²) in [6.45, 7) is 0. The van der Waals surface area contributed by atoms with Gasteiger partial charge < -0.3 is 4.98 Å². The third-order valence-corrected chi connectivity index (χ3v) is 4.50. The summed E-state index contributed by atoms with van der Waals surface area (Å²) in [6.07, 6.45) is 1.36. The molecule has 0 saturated carbocycles. The summed E-state index contributed by atoms with van der Waals surface area (Å²) in [5.74, 6) is -0.327. The third-order valence-electron chi connectivity index (χ3n) is 2.54.